The molecule has 1 aromatic carbocycles. The van der Waals surface area contributed by atoms with Crippen LogP contribution in [0.5, 0.6) is 0 Å². The molecular formula is C12H19ClN2O2S. The third-order valence-electron chi connectivity index (χ3n) is 3.19. The quantitative estimate of drug-likeness (QED) is 0.894. The molecule has 0 saturated carbocycles. The highest BCUT2D eigenvalue weighted by Crippen LogP contribution is 2.19. The zero-order valence-electron chi connectivity index (χ0n) is 10.6. The van der Waals surface area contributed by atoms with Crippen LogP contribution in [0.15, 0.2) is 23.1 Å². The van der Waals surface area contributed by atoms with Crippen molar-refractivity contribution >= 4 is 22.4 Å². The third-order valence-corrected chi connectivity index (χ3v) is 5.09. The van der Waals surface area contributed by atoms with Gasteiger partial charge in [0.1, 0.15) is 0 Å². The summed E-state index contributed by atoms with van der Waals surface area (Å²) in [6, 6.07) is 5.32. The van der Waals surface area contributed by atoms with E-state index >= 15 is 0 Å². The smallest absolute Gasteiger partial charge is 0.243 e. The number of piperazine rings is 1. The Morgan fingerprint density at radius 3 is 2.28 bits per heavy atom. The SMILES string of the molecule is Cc1ccc(S(=O)(=O)N2CCNCC2)cc1C.Cl. The first-order chi connectivity index (χ1) is 8.01. The highest BCUT2D eigenvalue weighted by molar-refractivity contribution is 7.89. The van der Waals surface area contributed by atoms with E-state index in [4.69, 9.17) is 0 Å². The van der Waals surface area contributed by atoms with Gasteiger partial charge in [0, 0.05) is 26.2 Å². The normalized spacial score (nSPS) is 17.2. The summed E-state index contributed by atoms with van der Waals surface area (Å²) in [5, 5.41) is 3.15. The lowest BCUT2D eigenvalue weighted by atomic mass is 10.1. The van der Waals surface area contributed by atoms with Gasteiger partial charge in [0.05, 0.1) is 4.90 Å². The molecule has 0 aliphatic carbocycles. The number of benzene rings is 1. The predicted molar refractivity (Wildman–Crippen MR) is 74.8 cm³/mol. The van der Waals surface area contributed by atoms with Gasteiger partial charge in [-0.25, -0.2) is 8.42 Å². The number of aryl methyl sites for hydroxylation is 2. The molecule has 1 fully saturated rings. The molecule has 0 bridgehead atoms. The Labute approximate surface area is 115 Å². The first-order valence-electron chi connectivity index (χ1n) is 5.80. The Kier molecular flexibility index (Phi) is 5.16. The minimum absolute atomic E-state index is 0. The van der Waals surface area contributed by atoms with Crippen molar-refractivity contribution in [3.05, 3.63) is 29.3 Å². The number of sulfonamides is 1. The van der Waals surface area contributed by atoms with Crippen molar-refractivity contribution < 1.29 is 8.42 Å². The molecule has 102 valence electrons. The second-order valence-corrected chi connectivity index (χ2v) is 6.34. The van der Waals surface area contributed by atoms with Crippen LogP contribution in [-0.2, 0) is 10.0 Å². The molecule has 4 nitrogen and oxygen atoms in total. The zero-order valence-corrected chi connectivity index (χ0v) is 12.3. The summed E-state index contributed by atoms with van der Waals surface area (Å²) in [7, 11) is -3.31. The molecule has 1 aliphatic rings. The standard InChI is InChI=1S/C12H18N2O2S.ClH/c1-10-3-4-12(9-11(10)2)17(15,16)14-7-5-13-6-8-14;/h3-4,9,13H,5-8H2,1-2H3;1H. The maximum atomic E-state index is 12.3. The molecule has 1 N–H and O–H groups in total. The fourth-order valence-electron chi connectivity index (χ4n) is 1.91. The monoisotopic (exact) mass is 290 g/mol. The number of nitrogens with zero attached hydrogens (tertiary/aromatic N) is 1. The van der Waals surface area contributed by atoms with Crippen LogP contribution in [0.3, 0.4) is 0 Å². The number of hydrogen-bond acceptors (Lipinski definition) is 3. The fourth-order valence-corrected chi connectivity index (χ4v) is 3.44. The molecule has 1 aliphatic heterocycles. The lowest BCUT2D eigenvalue weighted by Gasteiger charge is -2.26. The average molecular weight is 291 g/mol. The van der Waals surface area contributed by atoms with Crippen molar-refractivity contribution in [2.24, 2.45) is 0 Å². The van der Waals surface area contributed by atoms with Crippen LogP contribution in [0.4, 0.5) is 0 Å². The van der Waals surface area contributed by atoms with Gasteiger partial charge in [-0.15, -0.1) is 12.4 Å². The number of halogens is 1. The van der Waals surface area contributed by atoms with E-state index in [0.717, 1.165) is 24.2 Å². The highest BCUT2D eigenvalue weighted by Gasteiger charge is 2.25. The van der Waals surface area contributed by atoms with Gasteiger partial charge in [-0.1, -0.05) is 6.07 Å². The van der Waals surface area contributed by atoms with Gasteiger partial charge in [-0.3, -0.25) is 0 Å². The summed E-state index contributed by atoms with van der Waals surface area (Å²) in [5.41, 5.74) is 2.13. The molecule has 0 spiro atoms. The summed E-state index contributed by atoms with van der Waals surface area (Å²) in [5.74, 6) is 0. The minimum Gasteiger partial charge on any atom is -0.314 e. The summed E-state index contributed by atoms with van der Waals surface area (Å²) in [4.78, 5) is 0.405. The predicted octanol–water partition coefficient (Wildman–Crippen LogP) is 1.32. The molecule has 0 aromatic heterocycles. The number of hydrogen-bond donors (Lipinski definition) is 1. The van der Waals surface area contributed by atoms with Crippen LogP contribution in [0, 0.1) is 13.8 Å². The van der Waals surface area contributed by atoms with Crippen molar-refractivity contribution in [1.29, 1.82) is 0 Å². The van der Waals surface area contributed by atoms with E-state index in [9.17, 15) is 8.42 Å². The van der Waals surface area contributed by atoms with Crippen LogP contribution in [0.25, 0.3) is 0 Å². The zero-order chi connectivity index (χ0) is 12.5. The summed E-state index contributed by atoms with van der Waals surface area (Å²) in [6.07, 6.45) is 0. The highest BCUT2D eigenvalue weighted by atomic mass is 35.5. The Bertz CT molecular complexity index is 511. The molecule has 1 aromatic rings. The minimum atomic E-state index is -3.31. The average Bonchev–Trinajstić information content (AvgIpc) is 2.33. The van der Waals surface area contributed by atoms with Gasteiger partial charge in [0.15, 0.2) is 0 Å². The second kappa shape index (κ2) is 6.02. The molecular weight excluding hydrogens is 272 g/mol. The van der Waals surface area contributed by atoms with E-state index in [-0.39, 0.29) is 12.4 Å². The van der Waals surface area contributed by atoms with Crippen LogP contribution < -0.4 is 5.32 Å². The Hall–Kier alpha value is -0.620. The first-order valence-corrected chi connectivity index (χ1v) is 7.24. The van der Waals surface area contributed by atoms with E-state index in [1.807, 2.05) is 19.9 Å². The van der Waals surface area contributed by atoms with E-state index in [1.165, 1.54) is 0 Å². The van der Waals surface area contributed by atoms with Gasteiger partial charge >= 0.3 is 0 Å². The Balaban J connectivity index is 0.00000162. The Morgan fingerprint density at radius 1 is 1.11 bits per heavy atom. The summed E-state index contributed by atoms with van der Waals surface area (Å²) in [6.45, 7) is 6.47. The van der Waals surface area contributed by atoms with Crippen LogP contribution in [-0.4, -0.2) is 38.9 Å². The maximum Gasteiger partial charge on any atom is 0.243 e. The first kappa shape index (κ1) is 15.4. The lowest BCUT2D eigenvalue weighted by Crippen LogP contribution is -2.46. The third kappa shape index (κ3) is 3.03. The fraction of sp³-hybridized carbons (Fsp3) is 0.500. The van der Waals surface area contributed by atoms with Crippen molar-refractivity contribution in [3.63, 3.8) is 0 Å². The topological polar surface area (TPSA) is 49.4 Å². The molecule has 18 heavy (non-hydrogen) atoms. The molecule has 1 heterocycles. The lowest BCUT2D eigenvalue weighted by molar-refractivity contribution is 0.360. The molecule has 0 amide bonds. The van der Waals surface area contributed by atoms with Crippen molar-refractivity contribution in [2.45, 2.75) is 18.7 Å². The van der Waals surface area contributed by atoms with E-state index in [2.05, 4.69) is 5.32 Å². The van der Waals surface area contributed by atoms with Gasteiger partial charge < -0.3 is 5.32 Å². The van der Waals surface area contributed by atoms with Gasteiger partial charge in [0.25, 0.3) is 0 Å². The largest absolute Gasteiger partial charge is 0.314 e. The van der Waals surface area contributed by atoms with Crippen molar-refractivity contribution in [3.8, 4) is 0 Å². The van der Waals surface area contributed by atoms with Gasteiger partial charge in [-0.2, -0.15) is 4.31 Å². The molecule has 0 radical (unpaired) electrons. The maximum absolute atomic E-state index is 12.3. The molecule has 1 saturated heterocycles. The summed E-state index contributed by atoms with van der Waals surface area (Å²) >= 11 is 0. The van der Waals surface area contributed by atoms with E-state index < -0.39 is 10.0 Å². The van der Waals surface area contributed by atoms with Crippen LogP contribution >= 0.6 is 12.4 Å². The van der Waals surface area contributed by atoms with E-state index in [0.29, 0.717) is 18.0 Å². The van der Waals surface area contributed by atoms with Crippen LogP contribution in [0.2, 0.25) is 0 Å². The van der Waals surface area contributed by atoms with Crippen molar-refractivity contribution in [1.82, 2.24) is 9.62 Å². The van der Waals surface area contributed by atoms with Gasteiger partial charge in [-0.05, 0) is 37.1 Å². The molecule has 2 rings (SSSR count). The molecule has 0 atom stereocenters. The number of nitrogens with one attached hydrogen (secondary N) is 1. The molecule has 6 heteroatoms. The van der Waals surface area contributed by atoms with Gasteiger partial charge in [0.2, 0.25) is 10.0 Å². The second-order valence-electron chi connectivity index (χ2n) is 4.40. The summed E-state index contributed by atoms with van der Waals surface area (Å²) < 4.78 is 26.2. The van der Waals surface area contributed by atoms with E-state index in [1.54, 1.807) is 16.4 Å². The number of rotatable bonds is 2. The van der Waals surface area contributed by atoms with Crippen molar-refractivity contribution in [2.75, 3.05) is 26.2 Å². The van der Waals surface area contributed by atoms with Crippen LogP contribution in [0.1, 0.15) is 11.1 Å². The Morgan fingerprint density at radius 2 is 1.72 bits per heavy atom. The molecule has 0 unspecified atom stereocenters.